The molecule has 0 spiro atoms. The van der Waals surface area contributed by atoms with Crippen LogP contribution in [0, 0.1) is 5.92 Å². The summed E-state index contributed by atoms with van der Waals surface area (Å²) in [6, 6.07) is 0. The monoisotopic (exact) mass is 326 g/mol. The molecule has 0 saturated carbocycles. The lowest BCUT2D eigenvalue weighted by molar-refractivity contribution is 0.0918. The summed E-state index contributed by atoms with van der Waals surface area (Å²) in [5.74, 6) is 0.241. The highest BCUT2D eigenvalue weighted by Crippen LogP contribution is 2.30. The van der Waals surface area contributed by atoms with Crippen molar-refractivity contribution in [2.24, 2.45) is 5.92 Å². The summed E-state index contributed by atoms with van der Waals surface area (Å²) in [6.45, 7) is 1.43. The number of aliphatic hydroxyl groups is 1. The quantitative estimate of drug-likeness (QED) is 0.680. The van der Waals surface area contributed by atoms with Crippen molar-refractivity contribution in [3.05, 3.63) is 18.0 Å². The van der Waals surface area contributed by atoms with E-state index in [0.29, 0.717) is 13.0 Å². The van der Waals surface area contributed by atoms with E-state index in [4.69, 9.17) is 4.74 Å². The zero-order chi connectivity index (χ0) is 9.97. The lowest BCUT2D eigenvalue weighted by Gasteiger charge is -2.13. The minimum absolute atomic E-state index is 0.241. The highest BCUT2D eigenvalue weighted by molar-refractivity contribution is 14.2. The van der Waals surface area contributed by atoms with Gasteiger partial charge in [-0.15, -0.1) is 0 Å². The van der Waals surface area contributed by atoms with E-state index in [2.05, 4.69) is 27.1 Å². The smallest absolute Gasteiger partial charge is 0.0871 e. The summed E-state index contributed by atoms with van der Waals surface area (Å²) in [5.41, 5.74) is 0.907. The topological polar surface area (TPSA) is 47.3 Å². The van der Waals surface area contributed by atoms with Crippen LogP contribution in [0.25, 0.3) is 0 Å². The first-order valence-corrected chi connectivity index (χ1v) is 8.54. The molecule has 4 nitrogen and oxygen atoms in total. The van der Waals surface area contributed by atoms with Crippen molar-refractivity contribution in [1.29, 1.82) is 0 Å². The van der Waals surface area contributed by atoms with Gasteiger partial charge in [-0.2, -0.15) is 5.10 Å². The molecule has 78 valence electrons. The molecule has 1 N–H and O–H groups in total. The Kier molecular flexibility index (Phi) is 3.76. The first kappa shape index (κ1) is 10.8. The predicted octanol–water partition coefficient (Wildman–Crippen LogP) is 1.74. The maximum atomic E-state index is 10.00. The Balaban J connectivity index is 2.05. The molecular weight excluding hydrogens is 314 g/mol. The molecule has 1 aliphatic rings. The Morgan fingerprint density at radius 3 is 3.21 bits per heavy atom. The highest BCUT2D eigenvalue weighted by atomic mass is 127. The van der Waals surface area contributed by atoms with Crippen LogP contribution in [0.4, 0.5) is 0 Å². The van der Waals surface area contributed by atoms with Gasteiger partial charge in [0.05, 0.1) is 25.3 Å². The number of halogens is 1. The van der Waals surface area contributed by atoms with Crippen LogP contribution in [-0.4, -0.2) is 27.9 Å². The minimum atomic E-state index is -0.418. The van der Waals surface area contributed by atoms with Crippen molar-refractivity contribution < 1.29 is 9.84 Å². The molecule has 6 heteroatoms. The van der Waals surface area contributed by atoms with Crippen molar-refractivity contribution in [3.63, 3.8) is 0 Å². The van der Waals surface area contributed by atoms with E-state index in [-0.39, 0.29) is 5.92 Å². The molecule has 2 rings (SSSR count). The zero-order valence-corrected chi connectivity index (χ0v) is 10.7. The zero-order valence-electron chi connectivity index (χ0n) is 7.56. The van der Waals surface area contributed by atoms with Gasteiger partial charge in [-0.3, -0.25) is 0 Å². The Labute approximate surface area is 97.3 Å². The van der Waals surface area contributed by atoms with E-state index < -0.39 is 6.10 Å². The lowest BCUT2D eigenvalue weighted by Crippen LogP contribution is -2.11. The Bertz CT molecular complexity index is 301. The van der Waals surface area contributed by atoms with Gasteiger partial charge in [-0.1, -0.05) is 0 Å². The van der Waals surface area contributed by atoms with E-state index in [1.165, 1.54) is 0 Å². The number of aliphatic hydroxyl groups excluding tert-OH is 1. The van der Waals surface area contributed by atoms with Gasteiger partial charge in [-0.25, -0.2) is 4.45 Å². The predicted molar refractivity (Wildman–Crippen MR) is 63.8 cm³/mol. The van der Waals surface area contributed by atoms with Crippen LogP contribution >= 0.6 is 28.4 Å². The summed E-state index contributed by atoms with van der Waals surface area (Å²) in [6.07, 6.45) is 4.77. The molecule has 1 saturated heterocycles. The highest BCUT2D eigenvalue weighted by Gasteiger charge is 2.26. The van der Waals surface area contributed by atoms with E-state index >= 15 is 0 Å². The summed E-state index contributed by atoms with van der Waals surface area (Å²) in [4.78, 5) is 0. The van der Waals surface area contributed by atoms with E-state index in [9.17, 15) is 5.11 Å². The lowest BCUT2D eigenvalue weighted by atomic mass is 9.98. The molecule has 0 aliphatic carbocycles. The summed E-state index contributed by atoms with van der Waals surface area (Å²) < 4.78 is 7.09. The second-order valence-electron chi connectivity index (χ2n) is 3.37. The molecule has 0 aromatic carbocycles. The number of aromatic nitrogens is 2. The van der Waals surface area contributed by atoms with Crippen LogP contribution in [0.2, 0.25) is 0 Å². The third-order valence-corrected chi connectivity index (χ3v) is 4.34. The second-order valence-corrected chi connectivity index (χ2v) is 5.45. The van der Waals surface area contributed by atoms with E-state index in [1.807, 2.05) is 10.6 Å². The van der Waals surface area contributed by atoms with Gasteiger partial charge >= 0.3 is 0 Å². The Morgan fingerprint density at radius 2 is 2.64 bits per heavy atom. The largest absolute Gasteiger partial charge is 0.388 e. The fourth-order valence-corrected chi connectivity index (χ4v) is 2.70. The number of rotatable bonds is 3. The molecule has 0 bridgehead atoms. The van der Waals surface area contributed by atoms with Gasteiger partial charge in [0.25, 0.3) is 0 Å². The normalized spacial score (nSPS) is 24.9. The Hall–Kier alpha value is 0.290. The second kappa shape index (κ2) is 4.88. The molecule has 0 amide bonds. The molecule has 1 aliphatic heterocycles. The minimum Gasteiger partial charge on any atom is -0.388 e. The fraction of sp³-hybridized carbons (Fsp3) is 0.625. The van der Waals surface area contributed by atoms with Crippen LogP contribution in [0.1, 0.15) is 18.1 Å². The van der Waals surface area contributed by atoms with Crippen LogP contribution in [-0.2, 0) is 4.74 Å². The van der Waals surface area contributed by atoms with Gasteiger partial charge in [0.1, 0.15) is 0 Å². The molecule has 2 heterocycles. The van der Waals surface area contributed by atoms with Crippen molar-refractivity contribution >= 4 is 28.4 Å². The van der Waals surface area contributed by atoms with Crippen LogP contribution < -0.4 is 0 Å². The molecular formula is C8H12IN2O2P. The maximum absolute atomic E-state index is 10.00. The van der Waals surface area contributed by atoms with Crippen LogP contribution in [0.3, 0.4) is 0 Å². The first-order chi connectivity index (χ1) is 6.81. The van der Waals surface area contributed by atoms with Crippen molar-refractivity contribution in [3.8, 4) is 0 Å². The van der Waals surface area contributed by atoms with E-state index in [1.54, 1.807) is 6.20 Å². The molecule has 14 heavy (non-hydrogen) atoms. The van der Waals surface area contributed by atoms with Gasteiger partial charge < -0.3 is 9.84 Å². The first-order valence-electron chi connectivity index (χ1n) is 4.48. The molecule has 1 aromatic rings. The van der Waals surface area contributed by atoms with Gasteiger partial charge in [-0.05, 0) is 28.5 Å². The summed E-state index contributed by atoms with van der Waals surface area (Å²) >= 11 is 2.26. The van der Waals surface area contributed by atoms with Crippen LogP contribution in [0.5, 0.6) is 0 Å². The summed E-state index contributed by atoms with van der Waals surface area (Å²) in [5, 5.41) is 14.1. The Morgan fingerprint density at radius 1 is 1.79 bits per heavy atom. The molecule has 1 aromatic heterocycles. The molecule has 1 fully saturated rings. The summed E-state index contributed by atoms with van der Waals surface area (Å²) in [7, 11) is 0. The van der Waals surface area contributed by atoms with Crippen molar-refractivity contribution in [1.82, 2.24) is 9.55 Å². The SMILES string of the molecule is OC(c1cnn(PI)c1)C1CCOC1. The van der Waals surface area contributed by atoms with E-state index in [0.717, 1.165) is 18.6 Å². The molecule has 3 atom stereocenters. The van der Waals surface area contributed by atoms with Gasteiger partial charge in [0, 0.05) is 24.3 Å². The number of nitrogens with zero attached hydrogens (tertiary/aromatic N) is 2. The van der Waals surface area contributed by atoms with Crippen molar-refractivity contribution in [2.75, 3.05) is 13.2 Å². The average Bonchev–Trinajstić information content (AvgIpc) is 2.88. The fourth-order valence-electron chi connectivity index (χ4n) is 1.61. The molecule has 0 radical (unpaired) electrons. The standard InChI is InChI=1S/C8H12IN2O2P/c9-14-11-4-7(3-10-11)8(12)6-1-2-13-5-6/h3-4,6,8,12,14H,1-2,5H2. The van der Waals surface area contributed by atoms with Crippen LogP contribution in [0.15, 0.2) is 12.4 Å². The molecule has 3 unspecified atom stereocenters. The maximum Gasteiger partial charge on any atom is 0.0871 e. The third kappa shape index (κ3) is 2.27. The average molecular weight is 326 g/mol. The number of hydrogen-bond donors (Lipinski definition) is 1. The number of ether oxygens (including phenoxy) is 1. The van der Waals surface area contributed by atoms with Gasteiger partial charge in [0.2, 0.25) is 0 Å². The van der Waals surface area contributed by atoms with Crippen molar-refractivity contribution in [2.45, 2.75) is 12.5 Å². The number of hydrogen-bond acceptors (Lipinski definition) is 3. The van der Waals surface area contributed by atoms with Gasteiger partial charge in [0.15, 0.2) is 0 Å². The third-order valence-electron chi connectivity index (χ3n) is 2.44.